The summed E-state index contributed by atoms with van der Waals surface area (Å²) in [6.07, 6.45) is 99.1. The molecule has 83 heavy (non-hydrogen) atoms. The third-order valence-electron chi connectivity index (χ3n) is 14.7. The molecule has 472 valence electrons. The van der Waals surface area contributed by atoms with Crippen molar-refractivity contribution in [2.45, 2.75) is 322 Å². The molecular weight excluding hydrogens is 1020 g/mol. The summed E-state index contributed by atoms with van der Waals surface area (Å²) >= 11 is 0. The van der Waals surface area contributed by atoms with Gasteiger partial charge >= 0.3 is 17.9 Å². The van der Waals surface area contributed by atoms with E-state index >= 15 is 0 Å². The molecule has 0 N–H and O–H groups in total. The summed E-state index contributed by atoms with van der Waals surface area (Å²) in [5, 5.41) is 0. The predicted octanol–water partition coefficient (Wildman–Crippen LogP) is 24.1. The average molecular weight is 1150 g/mol. The molecule has 0 fully saturated rings. The van der Waals surface area contributed by atoms with Gasteiger partial charge in [-0.15, -0.1) is 0 Å². The molecule has 0 spiro atoms. The molecule has 0 rings (SSSR count). The maximum absolute atomic E-state index is 12.9. The first-order valence-electron chi connectivity index (χ1n) is 34.7. The number of allylic oxidation sites excluding steroid dienone is 22. The number of rotatable bonds is 62. The number of hydrogen-bond donors (Lipinski definition) is 0. The van der Waals surface area contributed by atoms with Gasteiger partial charge in [-0.2, -0.15) is 0 Å². The lowest BCUT2D eigenvalue weighted by Crippen LogP contribution is -2.30. The van der Waals surface area contributed by atoms with Crippen LogP contribution in [0.5, 0.6) is 0 Å². The largest absolute Gasteiger partial charge is 0.462 e. The SMILES string of the molecule is CC/C=C\C/C=C\C/C=C\C/C=C\C/C=C\C/C=C\C/C=C\C/C=C\CCCCCCCCC(=O)OCC(COC(=O)CCCCC/C=C\C/C=C\C/C=C\CC)OC(=O)CCCCCCCCCCCCCCCCCCCCCCC. The van der Waals surface area contributed by atoms with Crippen LogP contribution in [0.4, 0.5) is 0 Å². The molecule has 0 bridgehead atoms. The Morgan fingerprint density at radius 1 is 0.253 bits per heavy atom. The standard InChI is InChI=1S/C77H128O6/c1-4-7-10-13-16-19-22-25-27-29-31-33-34-35-36-37-38-39-40-41-42-44-45-47-49-52-55-58-61-64-67-70-76(79)82-73-74(72-81-75(78)69-66-63-60-57-54-51-24-21-18-15-12-9-6-3)83-77(80)71-68-65-62-59-56-53-50-48-46-43-32-30-28-26-23-20-17-14-11-8-5-2/h7,9-10,12,16,18-19,21,25,27,31,33,35-36,38-39,41-42,45,47,51,54,74H,4-6,8,11,13-15,17,20,22-24,26,28-30,32,34,37,40,43-44,46,48-50,52-53,55-73H2,1-3H3/b10-7-,12-9-,19-16-,21-18-,27-25-,33-31-,36-35-,39-38-,42-41-,47-45-,54-51-. The van der Waals surface area contributed by atoms with Crippen LogP contribution in [0.15, 0.2) is 134 Å². The van der Waals surface area contributed by atoms with Gasteiger partial charge < -0.3 is 14.2 Å². The number of hydrogen-bond acceptors (Lipinski definition) is 6. The number of ether oxygens (including phenoxy) is 3. The lowest BCUT2D eigenvalue weighted by atomic mass is 10.0. The van der Waals surface area contributed by atoms with Crippen LogP contribution in [0.3, 0.4) is 0 Å². The lowest BCUT2D eigenvalue weighted by Gasteiger charge is -2.18. The summed E-state index contributed by atoms with van der Waals surface area (Å²) in [4.78, 5) is 38.4. The van der Waals surface area contributed by atoms with Gasteiger partial charge in [0, 0.05) is 19.3 Å². The van der Waals surface area contributed by atoms with Crippen molar-refractivity contribution in [2.24, 2.45) is 0 Å². The van der Waals surface area contributed by atoms with Crippen LogP contribution in [-0.4, -0.2) is 37.2 Å². The van der Waals surface area contributed by atoms with E-state index in [2.05, 4.69) is 154 Å². The Kier molecular flexibility index (Phi) is 66.3. The highest BCUT2D eigenvalue weighted by Crippen LogP contribution is 2.17. The normalized spacial score (nSPS) is 13.0. The monoisotopic (exact) mass is 1150 g/mol. The highest BCUT2D eigenvalue weighted by atomic mass is 16.6. The second-order valence-corrected chi connectivity index (χ2v) is 22.7. The maximum atomic E-state index is 12.9. The summed E-state index contributed by atoms with van der Waals surface area (Å²) in [5.41, 5.74) is 0. The van der Waals surface area contributed by atoms with Crippen LogP contribution in [0.25, 0.3) is 0 Å². The summed E-state index contributed by atoms with van der Waals surface area (Å²) in [6.45, 7) is 6.40. The molecule has 0 heterocycles. The van der Waals surface area contributed by atoms with Gasteiger partial charge in [-0.3, -0.25) is 14.4 Å². The number of carbonyl (C=O) groups excluding carboxylic acids is 3. The van der Waals surface area contributed by atoms with Crippen LogP contribution < -0.4 is 0 Å². The number of unbranched alkanes of at least 4 members (excludes halogenated alkanes) is 29. The Balaban J connectivity index is 4.34. The minimum absolute atomic E-state index is 0.0963. The van der Waals surface area contributed by atoms with Crippen molar-refractivity contribution in [1.82, 2.24) is 0 Å². The molecule has 0 amide bonds. The average Bonchev–Trinajstić information content (AvgIpc) is 3.49. The molecule has 6 heteroatoms. The molecule has 1 unspecified atom stereocenters. The Labute approximate surface area is 513 Å². The molecule has 6 nitrogen and oxygen atoms in total. The fraction of sp³-hybridized carbons (Fsp3) is 0.675. The Morgan fingerprint density at radius 3 is 0.747 bits per heavy atom. The fourth-order valence-corrected chi connectivity index (χ4v) is 9.53. The van der Waals surface area contributed by atoms with E-state index in [1.165, 1.54) is 128 Å². The van der Waals surface area contributed by atoms with Crippen molar-refractivity contribution in [3.8, 4) is 0 Å². The molecular formula is C77H128O6. The van der Waals surface area contributed by atoms with Crippen molar-refractivity contribution in [1.29, 1.82) is 0 Å². The lowest BCUT2D eigenvalue weighted by molar-refractivity contribution is -0.167. The molecule has 0 aliphatic rings. The van der Waals surface area contributed by atoms with Crippen LogP contribution >= 0.6 is 0 Å². The van der Waals surface area contributed by atoms with Gasteiger partial charge in [0.15, 0.2) is 6.10 Å². The summed E-state index contributed by atoms with van der Waals surface area (Å²) in [5.74, 6) is -0.930. The highest BCUT2D eigenvalue weighted by Gasteiger charge is 2.19. The molecule has 1 atom stereocenters. The van der Waals surface area contributed by atoms with Gasteiger partial charge in [0.25, 0.3) is 0 Å². The van der Waals surface area contributed by atoms with E-state index in [4.69, 9.17) is 14.2 Å². The molecule has 0 aromatic heterocycles. The van der Waals surface area contributed by atoms with Gasteiger partial charge in [-0.1, -0.05) is 315 Å². The molecule has 0 aliphatic carbocycles. The van der Waals surface area contributed by atoms with E-state index in [-0.39, 0.29) is 31.1 Å². The van der Waals surface area contributed by atoms with Gasteiger partial charge in [0.2, 0.25) is 0 Å². The fourth-order valence-electron chi connectivity index (χ4n) is 9.53. The molecule has 0 aromatic rings. The van der Waals surface area contributed by atoms with E-state index in [1.54, 1.807) is 0 Å². The minimum atomic E-state index is -0.800. The van der Waals surface area contributed by atoms with E-state index in [1.807, 2.05) is 0 Å². The van der Waals surface area contributed by atoms with Crippen LogP contribution in [0.1, 0.15) is 316 Å². The van der Waals surface area contributed by atoms with E-state index in [9.17, 15) is 14.4 Å². The first-order valence-corrected chi connectivity index (χ1v) is 34.7. The van der Waals surface area contributed by atoms with E-state index in [0.29, 0.717) is 19.3 Å². The van der Waals surface area contributed by atoms with Gasteiger partial charge in [-0.25, -0.2) is 0 Å². The Morgan fingerprint density at radius 2 is 0.470 bits per heavy atom. The smallest absolute Gasteiger partial charge is 0.306 e. The zero-order valence-electron chi connectivity index (χ0n) is 54.2. The van der Waals surface area contributed by atoms with Crippen LogP contribution in [0, 0.1) is 0 Å². The van der Waals surface area contributed by atoms with Crippen LogP contribution in [0.2, 0.25) is 0 Å². The quantitative estimate of drug-likeness (QED) is 0.0261. The van der Waals surface area contributed by atoms with Crippen molar-refractivity contribution in [3.63, 3.8) is 0 Å². The Bertz CT molecular complexity index is 1750. The number of esters is 3. The van der Waals surface area contributed by atoms with Gasteiger partial charge in [0.05, 0.1) is 0 Å². The van der Waals surface area contributed by atoms with E-state index < -0.39 is 6.10 Å². The maximum Gasteiger partial charge on any atom is 0.306 e. The third kappa shape index (κ3) is 68.2. The van der Waals surface area contributed by atoms with Crippen molar-refractivity contribution >= 4 is 17.9 Å². The molecule has 0 aliphatic heterocycles. The summed E-state index contributed by atoms with van der Waals surface area (Å²) < 4.78 is 16.9. The summed E-state index contributed by atoms with van der Waals surface area (Å²) in [6, 6.07) is 0. The first-order chi connectivity index (χ1) is 41.0. The molecule has 0 saturated heterocycles. The minimum Gasteiger partial charge on any atom is -0.462 e. The van der Waals surface area contributed by atoms with Crippen molar-refractivity contribution in [3.05, 3.63) is 134 Å². The van der Waals surface area contributed by atoms with Crippen LogP contribution in [-0.2, 0) is 28.6 Å². The van der Waals surface area contributed by atoms with Gasteiger partial charge in [-0.05, 0) is 116 Å². The zero-order chi connectivity index (χ0) is 59.9. The van der Waals surface area contributed by atoms with Gasteiger partial charge in [0.1, 0.15) is 13.2 Å². The topological polar surface area (TPSA) is 78.9 Å². The van der Waals surface area contributed by atoms with E-state index in [0.717, 1.165) is 148 Å². The zero-order valence-corrected chi connectivity index (χ0v) is 54.2. The second kappa shape index (κ2) is 70.0. The third-order valence-corrected chi connectivity index (χ3v) is 14.7. The number of carbonyl (C=O) groups is 3. The molecule has 0 aromatic carbocycles. The second-order valence-electron chi connectivity index (χ2n) is 22.7. The van der Waals surface area contributed by atoms with Crippen molar-refractivity contribution in [2.75, 3.05) is 13.2 Å². The summed E-state index contributed by atoms with van der Waals surface area (Å²) in [7, 11) is 0. The molecule has 0 saturated carbocycles. The molecule has 0 radical (unpaired) electrons. The first kappa shape index (κ1) is 78.5. The van der Waals surface area contributed by atoms with Crippen molar-refractivity contribution < 1.29 is 28.6 Å². The Hall–Kier alpha value is -4.45. The highest BCUT2D eigenvalue weighted by molar-refractivity contribution is 5.71. The predicted molar refractivity (Wildman–Crippen MR) is 362 cm³/mol.